The summed E-state index contributed by atoms with van der Waals surface area (Å²) >= 11 is 0. The van der Waals surface area contributed by atoms with Crippen LogP contribution in [0, 0.1) is 17.8 Å². The van der Waals surface area contributed by atoms with Crippen LogP contribution in [0.2, 0.25) is 0 Å². The van der Waals surface area contributed by atoms with Crippen molar-refractivity contribution in [2.45, 2.75) is 82.3 Å². The maximum atomic E-state index is 6.36. The van der Waals surface area contributed by atoms with Crippen molar-refractivity contribution in [3.8, 4) is 11.5 Å². The first-order chi connectivity index (χ1) is 14.4. The zero-order valence-electron chi connectivity index (χ0n) is 18.7. The normalized spacial score (nSPS) is 38.6. The van der Waals surface area contributed by atoms with E-state index in [2.05, 4.69) is 32.9 Å². The lowest BCUT2D eigenvalue weighted by molar-refractivity contribution is -0.00538. The van der Waals surface area contributed by atoms with Gasteiger partial charge in [-0.3, -0.25) is 0 Å². The van der Waals surface area contributed by atoms with Crippen LogP contribution in [0.1, 0.15) is 70.4 Å². The molecule has 1 aromatic carbocycles. The minimum Gasteiger partial charge on any atom is -0.487 e. The Bertz CT molecular complexity index is 780. The van der Waals surface area contributed by atoms with E-state index in [0.29, 0.717) is 18.6 Å². The summed E-state index contributed by atoms with van der Waals surface area (Å²) in [5, 5.41) is 0. The summed E-state index contributed by atoms with van der Waals surface area (Å²) < 4.78 is 23.5. The van der Waals surface area contributed by atoms with E-state index in [1.165, 1.54) is 49.7 Å². The van der Waals surface area contributed by atoms with Crippen LogP contribution in [0.15, 0.2) is 12.1 Å². The Kier molecular flexibility index (Phi) is 4.45. The summed E-state index contributed by atoms with van der Waals surface area (Å²) in [5.74, 6) is 4.64. The van der Waals surface area contributed by atoms with E-state index in [9.17, 15) is 0 Å². The Balaban J connectivity index is 1.40. The Morgan fingerprint density at radius 3 is 1.90 bits per heavy atom. The predicted octanol–water partition coefficient (Wildman–Crippen LogP) is 5.01. The summed E-state index contributed by atoms with van der Waals surface area (Å²) in [6.07, 6.45) is 8.98. The highest BCUT2D eigenvalue weighted by atomic mass is 16.6. The molecule has 4 aliphatic carbocycles. The standard InChI is InChI=1S/C26H36O4/c1-25(2,3)22-7-19(26-9-16-4-17(10-26)6-18(5-16)11-26)8-23(29-14-20-12-27-20)24(22)30-15-21-13-28-21/h7-8,16-18,20-21H,4-6,9-15H2,1-3H3. The average Bonchev–Trinajstić information content (AvgIpc) is 3.58. The predicted molar refractivity (Wildman–Crippen MR) is 115 cm³/mol. The number of hydrogen-bond donors (Lipinski definition) is 0. The Morgan fingerprint density at radius 1 is 0.867 bits per heavy atom. The molecule has 2 heterocycles. The second-order valence-electron chi connectivity index (χ2n) is 11.8. The van der Waals surface area contributed by atoms with Crippen molar-refractivity contribution in [3.05, 3.63) is 23.3 Å². The van der Waals surface area contributed by atoms with Gasteiger partial charge in [0.2, 0.25) is 0 Å². The molecule has 4 nitrogen and oxygen atoms in total. The van der Waals surface area contributed by atoms with E-state index < -0.39 is 0 Å². The second kappa shape index (κ2) is 6.87. The van der Waals surface area contributed by atoms with E-state index in [1.807, 2.05) is 0 Å². The van der Waals surface area contributed by atoms with Gasteiger partial charge < -0.3 is 18.9 Å². The average molecular weight is 413 g/mol. The van der Waals surface area contributed by atoms with E-state index in [-0.39, 0.29) is 17.6 Å². The van der Waals surface area contributed by atoms with Crippen LogP contribution in [-0.4, -0.2) is 38.6 Å². The van der Waals surface area contributed by atoms with Crippen molar-refractivity contribution in [2.24, 2.45) is 17.8 Å². The molecule has 2 atom stereocenters. The van der Waals surface area contributed by atoms with Crippen LogP contribution in [0.4, 0.5) is 0 Å². The number of hydrogen-bond acceptors (Lipinski definition) is 4. The molecule has 2 unspecified atom stereocenters. The topological polar surface area (TPSA) is 43.5 Å². The van der Waals surface area contributed by atoms with Crippen molar-refractivity contribution in [1.29, 1.82) is 0 Å². The van der Waals surface area contributed by atoms with Crippen molar-refractivity contribution in [2.75, 3.05) is 26.4 Å². The van der Waals surface area contributed by atoms with Gasteiger partial charge in [-0.25, -0.2) is 0 Å². The maximum absolute atomic E-state index is 6.36. The molecule has 30 heavy (non-hydrogen) atoms. The molecule has 4 saturated carbocycles. The zero-order chi connectivity index (χ0) is 20.5. The fourth-order valence-electron chi connectivity index (χ4n) is 6.87. The van der Waals surface area contributed by atoms with Crippen LogP contribution >= 0.6 is 0 Å². The minimum atomic E-state index is -0.00770. The van der Waals surface area contributed by atoms with Gasteiger partial charge in [-0.05, 0) is 78.7 Å². The molecule has 2 saturated heterocycles. The molecule has 0 spiro atoms. The number of rotatable bonds is 7. The fourth-order valence-corrected chi connectivity index (χ4v) is 6.87. The molecule has 6 aliphatic rings. The molecule has 4 bridgehead atoms. The van der Waals surface area contributed by atoms with Gasteiger partial charge >= 0.3 is 0 Å². The van der Waals surface area contributed by atoms with Gasteiger partial charge in [0.25, 0.3) is 0 Å². The number of ether oxygens (including phenoxy) is 4. The second-order valence-corrected chi connectivity index (χ2v) is 11.8. The third kappa shape index (κ3) is 3.64. The summed E-state index contributed by atoms with van der Waals surface area (Å²) in [6.45, 7) is 9.72. The fraction of sp³-hybridized carbons (Fsp3) is 0.769. The van der Waals surface area contributed by atoms with Crippen LogP contribution in [0.3, 0.4) is 0 Å². The van der Waals surface area contributed by atoms with Gasteiger partial charge in [0.15, 0.2) is 11.5 Å². The highest BCUT2D eigenvalue weighted by Crippen LogP contribution is 2.61. The molecule has 6 fully saturated rings. The lowest BCUT2D eigenvalue weighted by atomic mass is 9.48. The number of epoxide rings is 2. The van der Waals surface area contributed by atoms with E-state index in [0.717, 1.165) is 42.5 Å². The highest BCUT2D eigenvalue weighted by Gasteiger charge is 2.52. The van der Waals surface area contributed by atoms with Crippen LogP contribution in [0.25, 0.3) is 0 Å². The SMILES string of the molecule is CC(C)(C)c1cc(C23CC4CC(CC(C4)C2)C3)cc(OCC2CO2)c1OCC1CO1. The largest absolute Gasteiger partial charge is 0.487 e. The third-order valence-corrected chi connectivity index (χ3v) is 8.16. The molecule has 0 N–H and O–H groups in total. The smallest absolute Gasteiger partial charge is 0.165 e. The minimum absolute atomic E-state index is 0.00770. The van der Waals surface area contributed by atoms with Crippen molar-refractivity contribution in [1.82, 2.24) is 0 Å². The Morgan fingerprint density at radius 2 is 1.40 bits per heavy atom. The van der Waals surface area contributed by atoms with E-state index >= 15 is 0 Å². The van der Waals surface area contributed by atoms with Gasteiger partial charge in [-0.1, -0.05) is 26.8 Å². The zero-order valence-corrected chi connectivity index (χ0v) is 18.7. The van der Waals surface area contributed by atoms with Crippen molar-refractivity contribution >= 4 is 0 Å². The first-order valence-corrected chi connectivity index (χ1v) is 12.1. The summed E-state index contributed by atoms with van der Waals surface area (Å²) in [5.41, 5.74) is 3.13. The lowest BCUT2D eigenvalue weighted by Gasteiger charge is -2.57. The lowest BCUT2D eigenvalue weighted by Crippen LogP contribution is -2.48. The van der Waals surface area contributed by atoms with E-state index in [1.54, 1.807) is 0 Å². The Labute approximate surface area is 180 Å². The highest BCUT2D eigenvalue weighted by molar-refractivity contribution is 5.54. The molecule has 0 radical (unpaired) electrons. The monoisotopic (exact) mass is 412 g/mol. The van der Waals surface area contributed by atoms with Gasteiger partial charge in [-0.15, -0.1) is 0 Å². The molecular weight excluding hydrogens is 376 g/mol. The van der Waals surface area contributed by atoms with E-state index in [4.69, 9.17) is 18.9 Å². The van der Waals surface area contributed by atoms with Gasteiger partial charge in [-0.2, -0.15) is 0 Å². The molecule has 4 heteroatoms. The van der Waals surface area contributed by atoms with Gasteiger partial charge in [0, 0.05) is 5.56 Å². The van der Waals surface area contributed by atoms with Crippen LogP contribution in [-0.2, 0) is 20.3 Å². The first kappa shape index (κ1) is 19.4. The van der Waals surface area contributed by atoms with Gasteiger partial charge in [0.1, 0.15) is 25.4 Å². The molecule has 0 aromatic heterocycles. The number of benzene rings is 1. The molecule has 7 rings (SSSR count). The first-order valence-electron chi connectivity index (χ1n) is 12.1. The third-order valence-electron chi connectivity index (χ3n) is 8.16. The van der Waals surface area contributed by atoms with Crippen LogP contribution in [0.5, 0.6) is 11.5 Å². The summed E-state index contributed by atoms with van der Waals surface area (Å²) in [6, 6.07) is 4.82. The molecule has 0 amide bonds. The molecular formula is C26H36O4. The van der Waals surface area contributed by atoms with Gasteiger partial charge in [0.05, 0.1) is 13.2 Å². The van der Waals surface area contributed by atoms with Crippen molar-refractivity contribution in [3.63, 3.8) is 0 Å². The quantitative estimate of drug-likeness (QED) is 0.591. The van der Waals surface area contributed by atoms with Crippen LogP contribution < -0.4 is 9.47 Å². The maximum Gasteiger partial charge on any atom is 0.165 e. The van der Waals surface area contributed by atoms with Crippen molar-refractivity contribution < 1.29 is 18.9 Å². The summed E-state index contributed by atoms with van der Waals surface area (Å²) in [7, 11) is 0. The molecule has 1 aromatic rings. The summed E-state index contributed by atoms with van der Waals surface area (Å²) in [4.78, 5) is 0. The molecule has 164 valence electrons. The molecule has 2 aliphatic heterocycles. The Hall–Kier alpha value is -1.26.